The van der Waals surface area contributed by atoms with E-state index >= 15 is 0 Å². The van der Waals surface area contributed by atoms with Gasteiger partial charge in [0.1, 0.15) is 5.69 Å². The molecule has 0 saturated heterocycles. The van der Waals surface area contributed by atoms with Gasteiger partial charge in [-0.25, -0.2) is 9.97 Å². The molecule has 7 heteroatoms. The van der Waals surface area contributed by atoms with Gasteiger partial charge in [-0.3, -0.25) is 0 Å². The third-order valence-electron chi connectivity index (χ3n) is 3.53. The van der Waals surface area contributed by atoms with Gasteiger partial charge < -0.3 is 4.90 Å². The first kappa shape index (κ1) is 15.4. The molecule has 1 aliphatic carbocycles. The average Bonchev–Trinajstić information content (AvgIpc) is 2.45. The fourth-order valence-corrected chi connectivity index (χ4v) is 2.76. The molecule has 1 saturated carbocycles. The monoisotopic (exact) mass is 307 g/mol. The van der Waals surface area contributed by atoms with Gasteiger partial charge in [0.25, 0.3) is 0 Å². The molecular weight excluding hydrogens is 291 g/mol. The summed E-state index contributed by atoms with van der Waals surface area (Å²) in [4.78, 5) is 9.49. The van der Waals surface area contributed by atoms with Crippen molar-refractivity contribution in [2.75, 3.05) is 17.3 Å². The van der Waals surface area contributed by atoms with Crippen molar-refractivity contribution < 1.29 is 13.2 Å². The van der Waals surface area contributed by atoms with E-state index in [-0.39, 0.29) is 12.0 Å². The summed E-state index contributed by atoms with van der Waals surface area (Å²) in [6.45, 7) is 0.466. The van der Waals surface area contributed by atoms with Crippen LogP contribution in [0.1, 0.15) is 37.8 Å². The van der Waals surface area contributed by atoms with E-state index < -0.39 is 11.9 Å². The number of anilines is 1. The maximum Gasteiger partial charge on any atom is 0.433 e. The highest BCUT2D eigenvalue weighted by molar-refractivity contribution is 6.18. The zero-order valence-electron chi connectivity index (χ0n) is 11.0. The standard InChI is InChI=1S/C13H17ClF3N3/c14-7-9-20(10-4-2-1-3-5-10)12-18-8-6-11(19-12)13(15,16)17/h6,8,10H,1-5,7,9H2. The largest absolute Gasteiger partial charge is 0.433 e. The van der Waals surface area contributed by atoms with Crippen LogP contribution in [-0.2, 0) is 6.18 Å². The van der Waals surface area contributed by atoms with Crippen LogP contribution in [0.4, 0.5) is 19.1 Å². The Morgan fingerprint density at radius 1 is 1.25 bits per heavy atom. The van der Waals surface area contributed by atoms with E-state index in [9.17, 15) is 13.2 Å². The number of hydrogen-bond donors (Lipinski definition) is 0. The van der Waals surface area contributed by atoms with Crippen LogP contribution in [0, 0.1) is 0 Å². The van der Waals surface area contributed by atoms with Crippen LogP contribution in [-0.4, -0.2) is 28.4 Å². The Kier molecular flexibility index (Phi) is 5.07. The van der Waals surface area contributed by atoms with Crippen molar-refractivity contribution in [3.63, 3.8) is 0 Å². The lowest BCUT2D eigenvalue weighted by Crippen LogP contribution is -2.39. The highest BCUT2D eigenvalue weighted by Gasteiger charge is 2.34. The minimum Gasteiger partial charge on any atom is -0.337 e. The smallest absolute Gasteiger partial charge is 0.337 e. The molecule has 0 aliphatic heterocycles. The van der Waals surface area contributed by atoms with E-state index in [0.29, 0.717) is 12.4 Å². The van der Waals surface area contributed by atoms with Crippen molar-refractivity contribution in [1.82, 2.24) is 9.97 Å². The number of halogens is 4. The van der Waals surface area contributed by atoms with E-state index in [1.165, 1.54) is 6.42 Å². The summed E-state index contributed by atoms with van der Waals surface area (Å²) in [6.07, 6.45) is 1.97. The molecule has 1 aromatic heterocycles. The molecule has 1 fully saturated rings. The van der Waals surface area contributed by atoms with Crippen molar-refractivity contribution in [3.8, 4) is 0 Å². The molecule has 0 aromatic carbocycles. The second kappa shape index (κ2) is 6.61. The lowest BCUT2D eigenvalue weighted by Gasteiger charge is -2.34. The zero-order chi connectivity index (χ0) is 14.6. The summed E-state index contributed by atoms with van der Waals surface area (Å²) >= 11 is 5.78. The molecular formula is C13H17ClF3N3. The predicted molar refractivity (Wildman–Crippen MR) is 72.0 cm³/mol. The molecule has 112 valence electrons. The van der Waals surface area contributed by atoms with Crippen LogP contribution in [0.15, 0.2) is 12.3 Å². The molecule has 0 spiro atoms. The molecule has 3 nitrogen and oxygen atoms in total. The molecule has 0 atom stereocenters. The summed E-state index contributed by atoms with van der Waals surface area (Å²) in [6, 6.07) is 1.08. The van der Waals surface area contributed by atoms with Crippen LogP contribution in [0.2, 0.25) is 0 Å². The van der Waals surface area contributed by atoms with Crippen LogP contribution in [0.5, 0.6) is 0 Å². The summed E-state index contributed by atoms with van der Waals surface area (Å²) in [5.74, 6) is 0.475. The number of alkyl halides is 4. The Morgan fingerprint density at radius 2 is 1.95 bits per heavy atom. The zero-order valence-corrected chi connectivity index (χ0v) is 11.8. The molecule has 0 bridgehead atoms. The molecule has 0 radical (unpaired) electrons. The lowest BCUT2D eigenvalue weighted by atomic mass is 9.94. The van der Waals surface area contributed by atoms with Gasteiger partial charge in [-0.15, -0.1) is 11.6 Å². The van der Waals surface area contributed by atoms with Crippen molar-refractivity contribution >= 4 is 17.5 Å². The van der Waals surface area contributed by atoms with Gasteiger partial charge >= 0.3 is 6.18 Å². The van der Waals surface area contributed by atoms with Crippen molar-refractivity contribution in [1.29, 1.82) is 0 Å². The first-order valence-electron chi connectivity index (χ1n) is 6.75. The summed E-state index contributed by atoms with van der Waals surface area (Å²) in [5.41, 5.74) is -0.905. The van der Waals surface area contributed by atoms with Gasteiger partial charge in [-0.1, -0.05) is 19.3 Å². The molecule has 1 heterocycles. The fraction of sp³-hybridized carbons (Fsp3) is 0.692. The highest BCUT2D eigenvalue weighted by Crippen LogP contribution is 2.30. The molecule has 2 rings (SSSR count). The normalized spacial score (nSPS) is 17.2. The average molecular weight is 308 g/mol. The fourth-order valence-electron chi connectivity index (χ4n) is 2.57. The minimum atomic E-state index is -4.45. The lowest BCUT2D eigenvalue weighted by molar-refractivity contribution is -0.141. The number of nitrogens with zero attached hydrogens (tertiary/aromatic N) is 3. The summed E-state index contributed by atoms with van der Waals surface area (Å²) < 4.78 is 38.2. The maximum absolute atomic E-state index is 12.7. The van der Waals surface area contributed by atoms with Crippen LogP contribution >= 0.6 is 11.6 Å². The topological polar surface area (TPSA) is 29.0 Å². The van der Waals surface area contributed by atoms with Gasteiger partial charge in [0.15, 0.2) is 0 Å². The molecule has 0 unspecified atom stereocenters. The Bertz CT molecular complexity index is 433. The summed E-state index contributed by atoms with van der Waals surface area (Å²) in [5, 5.41) is 0. The highest BCUT2D eigenvalue weighted by atomic mass is 35.5. The van der Waals surface area contributed by atoms with Crippen molar-refractivity contribution in [2.45, 2.75) is 44.3 Å². The number of hydrogen-bond acceptors (Lipinski definition) is 3. The molecule has 0 amide bonds. The third kappa shape index (κ3) is 3.75. The Morgan fingerprint density at radius 3 is 2.55 bits per heavy atom. The molecule has 1 aliphatic rings. The van der Waals surface area contributed by atoms with Crippen molar-refractivity contribution in [2.24, 2.45) is 0 Å². The number of aromatic nitrogens is 2. The van der Waals surface area contributed by atoms with Crippen LogP contribution in [0.25, 0.3) is 0 Å². The maximum atomic E-state index is 12.7. The van der Waals surface area contributed by atoms with Crippen LogP contribution in [0.3, 0.4) is 0 Å². The predicted octanol–water partition coefficient (Wildman–Crippen LogP) is 3.87. The minimum absolute atomic E-state index is 0.132. The Balaban J connectivity index is 2.24. The molecule has 1 aromatic rings. The van der Waals surface area contributed by atoms with E-state index in [1.807, 2.05) is 4.90 Å². The summed E-state index contributed by atoms with van der Waals surface area (Å²) in [7, 11) is 0. The van der Waals surface area contributed by atoms with E-state index in [1.54, 1.807) is 0 Å². The Hall–Kier alpha value is -1.04. The Labute approximate surface area is 121 Å². The van der Waals surface area contributed by atoms with Gasteiger partial charge in [-0.2, -0.15) is 13.2 Å². The van der Waals surface area contributed by atoms with Gasteiger partial charge in [-0.05, 0) is 18.9 Å². The van der Waals surface area contributed by atoms with Gasteiger partial charge in [0, 0.05) is 24.7 Å². The van der Waals surface area contributed by atoms with E-state index in [0.717, 1.165) is 37.9 Å². The number of rotatable bonds is 4. The van der Waals surface area contributed by atoms with Crippen LogP contribution < -0.4 is 4.90 Å². The quantitative estimate of drug-likeness (QED) is 0.791. The van der Waals surface area contributed by atoms with Crippen molar-refractivity contribution in [3.05, 3.63) is 18.0 Å². The first-order valence-corrected chi connectivity index (χ1v) is 7.28. The first-order chi connectivity index (χ1) is 9.52. The third-order valence-corrected chi connectivity index (χ3v) is 3.70. The SMILES string of the molecule is FC(F)(F)c1ccnc(N(CCCl)C2CCCCC2)n1. The van der Waals surface area contributed by atoms with E-state index in [4.69, 9.17) is 11.6 Å². The van der Waals surface area contributed by atoms with E-state index in [2.05, 4.69) is 9.97 Å². The van der Waals surface area contributed by atoms with Gasteiger partial charge in [0.05, 0.1) is 0 Å². The second-order valence-corrected chi connectivity index (χ2v) is 5.29. The van der Waals surface area contributed by atoms with Gasteiger partial charge in [0.2, 0.25) is 5.95 Å². The molecule has 20 heavy (non-hydrogen) atoms. The second-order valence-electron chi connectivity index (χ2n) is 4.91. The molecule has 0 N–H and O–H groups in total.